The van der Waals surface area contributed by atoms with Gasteiger partial charge in [0, 0.05) is 12.1 Å². The Morgan fingerprint density at radius 2 is 1.92 bits per heavy atom. The van der Waals surface area contributed by atoms with Crippen molar-refractivity contribution in [1.82, 2.24) is 5.32 Å². The molecule has 5 heteroatoms. The van der Waals surface area contributed by atoms with Gasteiger partial charge < -0.3 is 15.7 Å². The van der Waals surface area contributed by atoms with Crippen molar-refractivity contribution in [1.29, 1.82) is 0 Å². The fourth-order valence-corrected chi connectivity index (χ4v) is 2.79. The molecule has 1 unspecified atom stereocenters. The Morgan fingerprint density at radius 1 is 1.21 bits per heavy atom. The smallest absolute Gasteiger partial charge is 0.224 e. The van der Waals surface area contributed by atoms with Gasteiger partial charge in [0.2, 0.25) is 11.8 Å². The van der Waals surface area contributed by atoms with Crippen molar-refractivity contribution >= 4 is 17.5 Å². The number of carbonyl (C=O) groups excluding carboxylic acids is 2. The van der Waals surface area contributed by atoms with Gasteiger partial charge in [0.15, 0.2) is 0 Å². The third-order valence-corrected chi connectivity index (χ3v) is 4.69. The summed E-state index contributed by atoms with van der Waals surface area (Å²) in [5, 5.41) is 14.8. The molecular weight excluding hydrogens is 304 g/mol. The Labute approximate surface area is 143 Å². The van der Waals surface area contributed by atoms with Gasteiger partial charge in [-0.1, -0.05) is 38.3 Å². The van der Waals surface area contributed by atoms with Crippen molar-refractivity contribution in [2.45, 2.75) is 57.9 Å². The van der Waals surface area contributed by atoms with Crippen molar-refractivity contribution in [2.24, 2.45) is 5.92 Å². The van der Waals surface area contributed by atoms with E-state index in [0.29, 0.717) is 12.8 Å². The molecule has 0 saturated heterocycles. The van der Waals surface area contributed by atoms with E-state index >= 15 is 0 Å². The maximum absolute atomic E-state index is 11.9. The van der Waals surface area contributed by atoms with Crippen molar-refractivity contribution < 1.29 is 14.7 Å². The lowest BCUT2D eigenvalue weighted by Crippen LogP contribution is -2.37. The third-order valence-electron chi connectivity index (χ3n) is 4.69. The number of amides is 2. The van der Waals surface area contributed by atoms with E-state index in [-0.39, 0.29) is 30.9 Å². The van der Waals surface area contributed by atoms with E-state index in [1.54, 1.807) is 0 Å². The molecule has 1 fully saturated rings. The second-order valence-electron chi connectivity index (χ2n) is 6.61. The molecule has 2 amide bonds. The minimum Gasteiger partial charge on any atom is -0.394 e. The van der Waals surface area contributed by atoms with Gasteiger partial charge in [-0.3, -0.25) is 9.59 Å². The van der Waals surface area contributed by atoms with Crippen molar-refractivity contribution in [3.8, 4) is 0 Å². The SMILES string of the molecule is CCC(CO)NC(=O)Cc1ccc(NC(=O)CCC2CCC2)cc1. The van der Waals surface area contributed by atoms with E-state index in [9.17, 15) is 9.59 Å². The van der Waals surface area contributed by atoms with Gasteiger partial charge in [-0.15, -0.1) is 0 Å². The highest BCUT2D eigenvalue weighted by Gasteiger charge is 2.18. The first-order valence-electron chi connectivity index (χ1n) is 8.89. The number of carbonyl (C=O) groups is 2. The van der Waals surface area contributed by atoms with E-state index in [2.05, 4.69) is 10.6 Å². The van der Waals surface area contributed by atoms with Gasteiger partial charge in [0.25, 0.3) is 0 Å². The summed E-state index contributed by atoms with van der Waals surface area (Å²) in [6.45, 7) is 1.87. The summed E-state index contributed by atoms with van der Waals surface area (Å²) in [6, 6.07) is 7.16. The first kappa shape index (κ1) is 18.5. The largest absolute Gasteiger partial charge is 0.394 e. The van der Waals surface area contributed by atoms with E-state index in [0.717, 1.165) is 23.6 Å². The fraction of sp³-hybridized carbons (Fsp3) is 0.579. The zero-order valence-corrected chi connectivity index (χ0v) is 14.4. The number of rotatable bonds is 9. The van der Waals surface area contributed by atoms with Gasteiger partial charge in [-0.25, -0.2) is 0 Å². The van der Waals surface area contributed by atoms with Crippen molar-refractivity contribution in [3.63, 3.8) is 0 Å². The molecule has 0 heterocycles. The number of aliphatic hydroxyl groups is 1. The standard InChI is InChI=1S/C19H28N2O3/c1-2-16(13-22)20-19(24)12-15-6-9-17(10-7-15)21-18(23)11-8-14-4-3-5-14/h6-7,9-10,14,16,22H,2-5,8,11-13H2,1H3,(H,20,24)(H,21,23). The van der Waals surface area contributed by atoms with Crippen LogP contribution in [0.1, 0.15) is 51.0 Å². The van der Waals surface area contributed by atoms with Gasteiger partial charge in [0.05, 0.1) is 19.1 Å². The molecule has 0 radical (unpaired) electrons. The molecule has 0 bridgehead atoms. The molecule has 24 heavy (non-hydrogen) atoms. The van der Waals surface area contributed by atoms with Gasteiger partial charge in [-0.05, 0) is 36.5 Å². The normalized spacial score (nSPS) is 15.4. The van der Waals surface area contributed by atoms with Crippen LogP contribution in [0, 0.1) is 5.92 Å². The summed E-state index contributed by atoms with van der Waals surface area (Å²) >= 11 is 0. The molecule has 1 saturated carbocycles. The number of hydrogen-bond acceptors (Lipinski definition) is 3. The van der Waals surface area contributed by atoms with Crippen molar-refractivity contribution in [2.75, 3.05) is 11.9 Å². The number of benzene rings is 1. The van der Waals surface area contributed by atoms with Crippen LogP contribution >= 0.6 is 0 Å². The van der Waals surface area contributed by atoms with Crippen LogP contribution in [0.25, 0.3) is 0 Å². The highest BCUT2D eigenvalue weighted by Crippen LogP contribution is 2.30. The molecule has 0 aliphatic heterocycles. The second-order valence-corrected chi connectivity index (χ2v) is 6.61. The first-order chi connectivity index (χ1) is 11.6. The third kappa shape index (κ3) is 5.96. The molecule has 132 valence electrons. The van der Waals surface area contributed by atoms with Gasteiger partial charge >= 0.3 is 0 Å². The maximum atomic E-state index is 11.9. The van der Waals surface area contributed by atoms with E-state index in [1.807, 2.05) is 31.2 Å². The minimum atomic E-state index is -0.188. The lowest BCUT2D eigenvalue weighted by molar-refractivity contribution is -0.121. The molecule has 3 N–H and O–H groups in total. The van der Waals surface area contributed by atoms with Gasteiger partial charge in [0.1, 0.15) is 0 Å². The number of anilines is 1. The monoisotopic (exact) mass is 332 g/mol. The van der Waals surface area contributed by atoms with Crippen LogP contribution in [-0.4, -0.2) is 29.6 Å². The lowest BCUT2D eigenvalue weighted by atomic mass is 9.82. The topological polar surface area (TPSA) is 78.4 Å². The van der Waals surface area contributed by atoms with Crippen LogP contribution in [0.2, 0.25) is 0 Å². The van der Waals surface area contributed by atoms with Crippen LogP contribution in [0.3, 0.4) is 0 Å². The van der Waals surface area contributed by atoms with Gasteiger partial charge in [-0.2, -0.15) is 0 Å². The zero-order valence-electron chi connectivity index (χ0n) is 14.4. The lowest BCUT2D eigenvalue weighted by Gasteiger charge is -2.24. The Balaban J connectivity index is 1.75. The summed E-state index contributed by atoms with van der Waals surface area (Å²) < 4.78 is 0. The predicted octanol–water partition coefficient (Wildman–Crippen LogP) is 2.63. The minimum absolute atomic E-state index is 0.0476. The van der Waals surface area contributed by atoms with Crippen LogP contribution in [0.5, 0.6) is 0 Å². The van der Waals surface area contributed by atoms with Crippen LogP contribution in [0.15, 0.2) is 24.3 Å². The Bertz CT molecular complexity index is 534. The van der Waals surface area contributed by atoms with E-state index in [4.69, 9.17) is 5.11 Å². The molecule has 1 aromatic carbocycles. The molecule has 1 aliphatic rings. The quantitative estimate of drug-likeness (QED) is 0.650. The Hall–Kier alpha value is -1.88. The predicted molar refractivity (Wildman–Crippen MR) is 94.7 cm³/mol. The molecule has 1 aliphatic carbocycles. The second kappa shape index (κ2) is 9.42. The molecule has 5 nitrogen and oxygen atoms in total. The fourth-order valence-electron chi connectivity index (χ4n) is 2.79. The van der Waals surface area contributed by atoms with E-state index in [1.165, 1.54) is 19.3 Å². The summed E-state index contributed by atoms with van der Waals surface area (Å²) in [6.07, 6.45) is 6.36. The van der Waals surface area contributed by atoms with Crippen LogP contribution in [0.4, 0.5) is 5.69 Å². The highest BCUT2D eigenvalue weighted by atomic mass is 16.3. The summed E-state index contributed by atoms with van der Waals surface area (Å²) in [5.74, 6) is 0.691. The molecular formula is C19H28N2O3. The average molecular weight is 332 g/mol. The molecule has 1 atom stereocenters. The summed E-state index contributed by atoms with van der Waals surface area (Å²) in [5.41, 5.74) is 1.65. The van der Waals surface area contributed by atoms with Crippen LogP contribution < -0.4 is 10.6 Å². The highest BCUT2D eigenvalue weighted by molar-refractivity contribution is 5.90. The van der Waals surface area contributed by atoms with E-state index < -0.39 is 0 Å². The molecule has 0 aromatic heterocycles. The average Bonchev–Trinajstić information content (AvgIpc) is 2.53. The Kier molecular flexibility index (Phi) is 7.25. The Morgan fingerprint density at radius 3 is 2.46 bits per heavy atom. The number of nitrogens with one attached hydrogen (secondary N) is 2. The number of aliphatic hydroxyl groups excluding tert-OH is 1. The zero-order chi connectivity index (χ0) is 17.4. The van der Waals surface area contributed by atoms with Crippen LogP contribution in [-0.2, 0) is 16.0 Å². The molecule has 2 rings (SSSR count). The number of hydrogen-bond donors (Lipinski definition) is 3. The molecule has 0 spiro atoms. The van der Waals surface area contributed by atoms with Crippen molar-refractivity contribution in [3.05, 3.63) is 29.8 Å². The summed E-state index contributed by atoms with van der Waals surface area (Å²) in [4.78, 5) is 23.8. The summed E-state index contributed by atoms with van der Waals surface area (Å²) in [7, 11) is 0. The maximum Gasteiger partial charge on any atom is 0.224 e. The molecule has 1 aromatic rings. The first-order valence-corrected chi connectivity index (χ1v) is 8.89.